The third-order valence-electron chi connectivity index (χ3n) is 3.88. The summed E-state index contributed by atoms with van der Waals surface area (Å²) in [5.74, 6) is 0.758. The molecule has 0 aromatic heterocycles. The Labute approximate surface area is 97.2 Å². The first-order chi connectivity index (χ1) is 7.84. The molecule has 2 heteroatoms. The molecular formula is C14H19NO. The van der Waals surface area contributed by atoms with Crippen molar-refractivity contribution in [3.63, 3.8) is 0 Å². The van der Waals surface area contributed by atoms with Crippen LogP contribution in [0.2, 0.25) is 0 Å². The van der Waals surface area contributed by atoms with Crippen molar-refractivity contribution in [3.8, 4) is 0 Å². The Hall–Kier alpha value is -1.02. The third kappa shape index (κ3) is 1.71. The van der Waals surface area contributed by atoms with Gasteiger partial charge in [0.25, 0.3) is 0 Å². The SMILES string of the molecule is CC1CCc2cc(N3CCOCC3)ccc21. The molecule has 0 radical (unpaired) electrons. The summed E-state index contributed by atoms with van der Waals surface area (Å²) < 4.78 is 5.39. The molecule has 0 spiro atoms. The topological polar surface area (TPSA) is 12.5 Å². The van der Waals surface area contributed by atoms with E-state index in [2.05, 4.69) is 30.0 Å². The van der Waals surface area contributed by atoms with Crippen LogP contribution in [0.25, 0.3) is 0 Å². The van der Waals surface area contributed by atoms with Crippen LogP contribution in [0.5, 0.6) is 0 Å². The fourth-order valence-electron chi connectivity index (χ4n) is 2.84. The number of fused-ring (bicyclic) bond motifs is 1. The maximum absolute atomic E-state index is 5.39. The molecule has 0 saturated carbocycles. The Kier molecular flexibility index (Phi) is 2.60. The molecular weight excluding hydrogens is 198 g/mol. The lowest BCUT2D eigenvalue weighted by Gasteiger charge is -2.29. The summed E-state index contributed by atoms with van der Waals surface area (Å²) in [6.45, 7) is 6.14. The Morgan fingerprint density at radius 3 is 2.88 bits per heavy atom. The maximum atomic E-state index is 5.39. The molecule has 1 aliphatic heterocycles. The first-order valence-electron chi connectivity index (χ1n) is 6.30. The number of hydrogen-bond acceptors (Lipinski definition) is 2. The van der Waals surface area contributed by atoms with Crippen molar-refractivity contribution in [1.82, 2.24) is 0 Å². The second-order valence-corrected chi connectivity index (χ2v) is 4.92. The van der Waals surface area contributed by atoms with Crippen LogP contribution in [0.1, 0.15) is 30.4 Å². The van der Waals surface area contributed by atoms with Gasteiger partial charge in [-0.15, -0.1) is 0 Å². The second kappa shape index (κ2) is 4.10. The Bertz CT molecular complexity index is 382. The third-order valence-corrected chi connectivity index (χ3v) is 3.88. The van der Waals surface area contributed by atoms with Gasteiger partial charge in [-0.1, -0.05) is 13.0 Å². The maximum Gasteiger partial charge on any atom is 0.0642 e. The predicted octanol–water partition coefficient (Wildman–Crippen LogP) is 2.57. The molecule has 1 aromatic carbocycles. The number of aryl methyl sites for hydroxylation is 1. The van der Waals surface area contributed by atoms with Gasteiger partial charge in [0.1, 0.15) is 0 Å². The molecule has 1 aromatic rings. The van der Waals surface area contributed by atoms with Crippen LogP contribution in [-0.4, -0.2) is 26.3 Å². The van der Waals surface area contributed by atoms with Crippen molar-refractivity contribution in [1.29, 1.82) is 0 Å². The van der Waals surface area contributed by atoms with Gasteiger partial charge in [0.15, 0.2) is 0 Å². The number of rotatable bonds is 1. The fraction of sp³-hybridized carbons (Fsp3) is 0.571. The van der Waals surface area contributed by atoms with E-state index in [1.54, 1.807) is 11.1 Å². The molecule has 1 aliphatic carbocycles. The first kappa shape index (κ1) is 10.2. The summed E-state index contributed by atoms with van der Waals surface area (Å²) in [6.07, 6.45) is 2.58. The lowest BCUT2D eigenvalue weighted by molar-refractivity contribution is 0.122. The summed E-state index contributed by atoms with van der Waals surface area (Å²) in [4.78, 5) is 2.44. The number of anilines is 1. The molecule has 1 heterocycles. The van der Waals surface area contributed by atoms with Gasteiger partial charge in [0.2, 0.25) is 0 Å². The zero-order valence-electron chi connectivity index (χ0n) is 9.91. The van der Waals surface area contributed by atoms with E-state index < -0.39 is 0 Å². The number of nitrogens with zero attached hydrogens (tertiary/aromatic N) is 1. The summed E-state index contributed by atoms with van der Waals surface area (Å²) in [5.41, 5.74) is 4.52. The van der Waals surface area contributed by atoms with Gasteiger partial charge in [-0.3, -0.25) is 0 Å². The van der Waals surface area contributed by atoms with Crippen molar-refractivity contribution < 1.29 is 4.74 Å². The summed E-state index contributed by atoms with van der Waals surface area (Å²) in [5, 5.41) is 0. The molecule has 3 rings (SSSR count). The molecule has 1 fully saturated rings. The van der Waals surface area contributed by atoms with Gasteiger partial charge in [0, 0.05) is 18.8 Å². The van der Waals surface area contributed by atoms with E-state index in [0.29, 0.717) is 0 Å². The van der Waals surface area contributed by atoms with E-state index in [1.165, 1.54) is 18.5 Å². The highest BCUT2D eigenvalue weighted by molar-refractivity contribution is 5.53. The van der Waals surface area contributed by atoms with Crippen molar-refractivity contribution >= 4 is 5.69 Å². The average molecular weight is 217 g/mol. The number of ether oxygens (including phenoxy) is 1. The van der Waals surface area contributed by atoms with Crippen molar-refractivity contribution in [2.75, 3.05) is 31.2 Å². The predicted molar refractivity (Wildman–Crippen MR) is 66.2 cm³/mol. The van der Waals surface area contributed by atoms with E-state index in [9.17, 15) is 0 Å². The molecule has 1 saturated heterocycles. The molecule has 2 nitrogen and oxygen atoms in total. The van der Waals surface area contributed by atoms with Gasteiger partial charge in [-0.2, -0.15) is 0 Å². The smallest absolute Gasteiger partial charge is 0.0642 e. The van der Waals surface area contributed by atoms with Gasteiger partial charge >= 0.3 is 0 Å². The van der Waals surface area contributed by atoms with Crippen molar-refractivity contribution in [3.05, 3.63) is 29.3 Å². The second-order valence-electron chi connectivity index (χ2n) is 4.92. The van der Waals surface area contributed by atoms with Crippen LogP contribution < -0.4 is 4.90 Å². The summed E-state index contributed by atoms with van der Waals surface area (Å²) in [6, 6.07) is 7.01. The minimum atomic E-state index is 0.758. The van der Waals surface area contributed by atoms with Crippen LogP contribution in [-0.2, 0) is 11.2 Å². The van der Waals surface area contributed by atoms with E-state index in [1.807, 2.05) is 0 Å². The minimum Gasteiger partial charge on any atom is -0.378 e. The Balaban J connectivity index is 1.86. The standard InChI is InChI=1S/C14H19NO/c1-11-2-3-12-10-13(4-5-14(11)12)15-6-8-16-9-7-15/h4-5,10-11H,2-3,6-9H2,1H3. The lowest BCUT2D eigenvalue weighted by Crippen LogP contribution is -2.36. The number of morpholine rings is 1. The van der Waals surface area contributed by atoms with E-state index in [4.69, 9.17) is 4.74 Å². The quantitative estimate of drug-likeness (QED) is 0.717. The zero-order chi connectivity index (χ0) is 11.0. The molecule has 0 N–H and O–H groups in total. The number of hydrogen-bond donors (Lipinski definition) is 0. The molecule has 0 bridgehead atoms. The molecule has 2 aliphatic rings. The molecule has 0 amide bonds. The van der Waals surface area contributed by atoms with Gasteiger partial charge in [-0.05, 0) is 42.0 Å². The van der Waals surface area contributed by atoms with E-state index in [-0.39, 0.29) is 0 Å². The minimum absolute atomic E-state index is 0.758. The largest absolute Gasteiger partial charge is 0.378 e. The number of benzene rings is 1. The molecule has 16 heavy (non-hydrogen) atoms. The highest BCUT2D eigenvalue weighted by Crippen LogP contribution is 2.34. The monoisotopic (exact) mass is 217 g/mol. The average Bonchev–Trinajstić information content (AvgIpc) is 2.72. The van der Waals surface area contributed by atoms with Crippen LogP contribution in [0.3, 0.4) is 0 Å². The van der Waals surface area contributed by atoms with E-state index in [0.717, 1.165) is 32.2 Å². The fourth-order valence-corrected chi connectivity index (χ4v) is 2.84. The van der Waals surface area contributed by atoms with Gasteiger partial charge in [0.05, 0.1) is 13.2 Å². The molecule has 86 valence electrons. The summed E-state index contributed by atoms with van der Waals surface area (Å²) >= 11 is 0. The zero-order valence-corrected chi connectivity index (χ0v) is 9.91. The van der Waals surface area contributed by atoms with E-state index >= 15 is 0 Å². The van der Waals surface area contributed by atoms with Crippen LogP contribution in [0.4, 0.5) is 5.69 Å². The molecule has 1 atom stereocenters. The summed E-state index contributed by atoms with van der Waals surface area (Å²) in [7, 11) is 0. The highest BCUT2D eigenvalue weighted by Gasteiger charge is 2.20. The van der Waals surface area contributed by atoms with Crippen molar-refractivity contribution in [2.24, 2.45) is 0 Å². The normalized spacial score (nSPS) is 24.6. The van der Waals surface area contributed by atoms with Crippen LogP contribution >= 0.6 is 0 Å². The van der Waals surface area contributed by atoms with Crippen molar-refractivity contribution in [2.45, 2.75) is 25.7 Å². The lowest BCUT2D eigenvalue weighted by atomic mass is 10.0. The van der Waals surface area contributed by atoms with Gasteiger partial charge in [-0.25, -0.2) is 0 Å². The van der Waals surface area contributed by atoms with Crippen LogP contribution in [0.15, 0.2) is 18.2 Å². The van der Waals surface area contributed by atoms with Crippen LogP contribution in [0, 0.1) is 0 Å². The Morgan fingerprint density at radius 1 is 1.25 bits per heavy atom. The molecule has 1 unspecified atom stereocenters. The van der Waals surface area contributed by atoms with Gasteiger partial charge < -0.3 is 9.64 Å². The Morgan fingerprint density at radius 2 is 2.06 bits per heavy atom. The first-order valence-corrected chi connectivity index (χ1v) is 6.30. The highest BCUT2D eigenvalue weighted by atomic mass is 16.5.